The molecule has 134 valence electrons. The molecule has 0 aromatic heterocycles. The van der Waals surface area contributed by atoms with E-state index >= 15 is 0 Å². The Morgan fingerprint density at radius 3 is 2.24 bits per heavy atom. The molecular formula is C21H28N2O2. The lowest BCUT2D eigenvalue weighted by molar-refractivity contribution is -0.123. The Morgan fingerprint density at radius 2 is 1.60 bits per heavy atom. The molecule has 0 fully saturated rings. The molecule has 0 saturated carbocycles. The van der Waals surface area contributed by atoms with E-state index in [1.165, 1.54) is 11.1 Å². The fourth-order valence-electron chi connectivity index (χ4n) is 2.63. The first-order valence-electron chi connectivity index (χ1n) is 8.96. The van der Waals surface area contributed by atoms with Gasteiger partial charge in [0.2, 0.25) is 0 Å². The number of benzene rings is 2. The van der Waals surface area contributed by atoms with Crippen molar-refractivity contribution >= 4 is 5.91 Å². The van der Waals surface area contributed by atoms with Crippen molar-refractivity contribution < 1.29 is 9.53 Å². The molecule has 1 N–H and O–H groups in total. The average molecular weight is 340 g/mol. The summed E-state index contributed by atoms with van der Waals surface area (Å²) in [5, 5.41) is 2.89. The second kappa shape index (κ2) is 10.5. The topological polar surface area (TPSA) is 41.6 Å². The number of rotatable bonds is 10. The van der Waals surface area contributed by atoms with Crippen LogP contribution < -0.4 is 10.1 Å². The molecule has 0 aliphatic carbocycles. The van der Waals surface area contributed by atoms with E-state index in [1.54, 1.807) is 0 Å². The smallest absolute Gasteiger partial charge is 0.257 e. The Bertz CT molecular complexity index is 622. The minimum atomic E-state index is -0.0829. The van der Waals surface area contributed by atoms with Crippen molar-refractivity contribution in [3.05, 3.63) is 65.7 Å². The number of likely N-dealkylation sites (N-methyl/N-ethyl adjacent to an activating group) is 1. The molecule has 2 aromatic carbocycles. The van der Waals surface area contributed by atoms with Crippen LogP contribution in [0.3, 0.4) is 0 Å². The third kappa shape index (κ3) is 6.98. The van der Waals surface area contributed by atoms with Gasteiger partial charge in [-0.1, -0.05) is 56.3 Å². The summed E-state index contributed by atoms with van der Waals surface area (Å²) in [6.45, 7) is 7.81. The number of ether oxygens (including phenoxy) is 1. The number of carbonyl (C=O) groups excluding carboxylic acids is 1. The van der Waals surface area contributed by atoms with Crippen LogP contribution in [0.15, 0.2) is 54.6 Å². The van der Waals surface area contributed by atoms with Gasteiger partial charge in [0.1, 0.15) is 5.75 Å². The van der Waals surface area contributed by atoms with Crippen LogP contribution in [0, 0.1) is 0 Å². The molecule has 0 heterocycles. The summed E-state index contributed by atoms with van der Waals surface area (Å²) >= 11 is 0. The Balaban J connectivity index is 1.71. The molecule has 2 rings (SSSR count). The largest absolute Gasteiger partial charge is 0.484 e. The molecule has 0 aliphatic heterocycles. The van der Waals surface area contributed by atoms with Crippen LogP contribution in [0.5, 0.6) is 5.75 Å². The number of carbonyl (C=O) groups is 1. The SMILES string of the molecule is CCN(CC)CCNC(=O)COc1ccc(Cc2ccccc2)cc1. The Labute approximate surface area is 150 Å². The molecule has 0 unspecified atom stereocenters. The van der Waals surface area contributed by atoms with Gasteiger partial charge in [-0.15, -0.1) is 0 Å². The van der Waals surface area contributed by atoms with Crippen molar-refractivity contribution in [2.45, 2.75) is 20.3 Å². The van der Waals surface area contributed by atoms with Gasteiger partial charge in [-0.25, -0.2) is 0 Å². The summed E-state index contributed by atoms with van der Waals surface area (Å²) in [6, 6.07) is 18.3. The molecule has 0 aliphatic rings. The van der Waals surface area contributed by atoms with Crippen LogP contribution in [-0.2, 0) is 11.2 Å². The molecule has 0 saturated heterocycles. The molecule has 0 atom stereocenters. The van der Waals surface area contributed by atoms with E-state index < -0.39 is 0 Å². The van der Waals surface area contributed by atoms with Crippen LogP contribution in [0.25, 0.3) is 0 Å². The van der Waals surface area contributed by atoms with Crippen molar-refractivity contribution in [2.75, 3.05) is 32.8 Å². The lowest BCUT2D eigenvalue weighted by atomic mass is 10.1. The predicted octanol–water partition coefficient (Wildman–Crippen LogP) is 3.11. The van der Waals surface area contributed by atoms with Crippen LogP contribution in [0.1, 0.15) is 25.0 Å². The fourth-order valence-corrected chi connectivity index (χ4v) is 2.63. The van der Waals surface area contributed by atoms with Crippen LogP contribution in [0.4, 0.5) is 0 Å². The van der Waals surface area contributed by atoms with Gasteiger partial charge in [-0.2, -0.15) is 0 Å². The fraction of sp³-hybridized carbons (Fsp3) is 0.381. The van der Waals surface area contributed by atoms with Gasteiger partial charge in [0.25, 0.3) is 5.91 Å². The van der Waals surface area contributed by atoms with Gasteiger partial charge in [0.05, 0.1) is 0 Å². The maximum atomic E-state index is 11.8. The number of nitrogens with one attached hydrogen (secondary N) is 1. The van der Waals surface area contributed by atoms with Gasteiger partial charge in [-0.05, 0) is 42.8 Å². The summed E-state index contributed by atoms with van der Waals surface area (Å²) in [5.41, 5.74) is 2.51. The second-order valence-electron chi connectivity index (χ2n) is 5.97. The highest BCUT2D eigenvalue weighted by molar-refractivity contribution is 5.77. The second-order valence-corrected chi connectivity index (χ2v) is 5.97. The minimum Gasteiger partial charge on any atom is -0.484 e. The molecule has 0 spiro atoms. The summed E-state index contributed by atoms with van der Waals surface area (Å²) in [5.74, 6) is 0.635. The van der Waals surface area contributed by atoms with E-state index in [0.717, 1.165) is 31.8 Å². The maximum Gasteiger partial charge on any atom is 0.257 e. The molecule has 1 amide bonds. The Morgan fingerprint density at radius 1 is 0.960 bits per heavy atom. The zero-order chi connectivity index (χ0) is 17.9. The maximum absolute atomic E-state index is 11.8. The quantitative estimate of drug-likeness (QED) is 0.722. The van der Waals surface area contributed by atoms with Gasteiger partial charge in [0, 0.05) is 13.1 Å². The van der Waals surface area contributed by atoms with Crippen molar-refractivity contribution in [3.63, 3.8) is 0 Å². The van der Waals surface area contributed by atoms with Crippen LogP contribution in [-0.4, -0.2) is 43.6 Å². The van der Waals surface area contributed by atoms with E-state index in [1.807, 2.05) is 42.5 Å². The highest BCUT2D eigenvalue weighted by atomic mass is 16.5. The third-order valence-electron chi connectivity index (χ3n) is 4.19. The normalized spacial score (nSPS) is 10.7. The molecule has 25 heavy (non-hydrogen) atoms. The first-order valence-corrected chi connectivity index (χ1v) is 8.96. The molecule has 4 heteroatoms. The van der Waals surface area contributed by atoms with E-state index in [-0.39, 0.29) is 12.5 Å². The number of nitrogens with zero attached hydrogens (tertiary/aromatic N) is 1. The van der Waals surface area contributed by atoms with Crippen LogP contribution >= 0.6 is 0 Å². The molecular weight excluding hydrogens is 312 g/mol. The standard InChI is InChI=1S/C21H28N2O2/c1-3-23(4-2)15-14-22-21(24)17-25-20-12-10-19(11-13-20)16-18-8-6-5-7-9-18/h5-13H,3-4,14-17H2,1-2H3,(H,22,24). The number of amides is 1. The van der Waals surface area contributed by atoms with Crippen molar-refractivity contribution in [1.29, 1.82) is 0 Å². The van der Waals surface area contributed by atoms with Gasteiger partial charge >= 0.3 is 0 Å². The van der Waals surface area contributed by atoms with Gasteiger partial charge in [-0.3, -0.25) is 4.79 Å². The van der Waals surface area contributed by atoms with Crippen LogP contribution in [0.2, 0.25) is 0 Å². The predicted molar refractivity (Wildman–Crippen MR) is 102 cm³/mol. The van der Waals surface area contributed by atoms with Gasteiger partial charge in [0.15, 0.2) is 6.61 Å². The van der Waals surface area contributed by atoms with E-state index in [9.17, 15) is 4.79 Å². The highest BCUT2D eigenvalue weighted by Crippen LogP contribution is 2.15. The zero-order valence-corrected chi connectivity index (χ0v) is 15.2. The van der Waals surface area contributed by atoms with Crippen molar-refractivity contribution in [1.82, 2.24) is 10.2 Å². The molecule has 2 aromatic rings. The summed E-state index contributed by atoms with van der Waals surface area (Å²) in [6.07, 6.45) is 0.896. The Hall–Kier alpha value is -2.33. The highest BCUT2D eigenvalue weighted by Gasteiger charge is 2.04. The van der Waals surface area contributed by atoms with E-state index in [0.29, 0.717) is 6.54 Å². The number of hydrogen-bond acceptors (Lipinski definition) is 3. The van der Waals surface area contributed by atoms with Gasteiger partial charge < -0.3 is 15.0 Å². The first kappa shape index (κ1) is 19.0. The molecule has 4 nitrogen and oxygen atoms in total. The lowest BCUT2D eigenvalue weighted by Crippen LogP contribution is -2.36. The van der Waals surface area contributed by atoms with Crippen molar-refractivity contribution in [3.8, 4) is 5.75 Å². The van der Waals surface area contributed by atoms with E-state index in [2.05, 4.69) is 36.2 Å². The monoisotopic (exact) mass is 340 g/mol. The minimum absolute atomic E-state index is 0.0519. The lowest BCUT2D eigenvalue weighted by Gasteiger charge is -2.18. The zero-order valence-electron chi connectivity index (χ0n) is 15.2. The van der Waals surface area contributed by atoms with Crippen molar-refractivity contribution in [2.24, 2.45) is 0 Å². The van der Waals surface area contributed by atoms with E-state index in [4.69, 9.17) is 4.74 Å². The Kier molecular flexibility index (Phi) is 7.99. The summed E-state index contributed by atoms with van der Waals surface area (Å²) in [7, 11) is 0. The number of hydrogen-bond donors (Lipinski definition) is 1. The summed E-state index contributed by atoms with van der Waals surface area (Å²) < 4.78 is 5.56. The third-order valence-corrected chi connectivity index (χ3v) is 4.19. The summed E-state index contributed by atoms with van der Waals surface area (Å²) in [4.78, 5) is 14.1. The molecule has 0 bridgehead atoms. The molecule has 0 radical (unpaired) electrons. The average Bonchev–Trinajstić information content (AvgIpc) is 2.65. The first-order chi connectivity index (χ1) is 12.2.